The van der Waals surface area contributed by atoms with Crippen molar-refractivity contribution in [1.82, 2.24) is 4.57 Å². The normalized spacial score (nSPS) is 11.7. The van der Waals surface area contributed by atoms with Crippen LogP contribution in [-0.4, -0.2) is 4.57 Å². The monoisotopic (exact) mass is 650 g/mol. The van der Waals surface area contributed by atoms with E-state index in [4.69, 9.17) is 4.42 Å². The molecule has 0 aliphatic rings. The molecule has 4 heteroatoms. The van der Waals surface area contributed by atoms with Gasteiger partial charge in [-0.3, -0.25) is 0 Å². The standard InChI is InChI=1S/C46H40N3O/c1-28(2)37-25-35(33-22-20-32(21-23-33)31-13-8-7-9-14-31)26-38(29(3)4)44(37)49-40-17-11-10-16-39(40)48(6)46(49)42-30(5)19-24-36-43-34(27-47)15-12-18-41(43)50-45(36)42/h7-26,28-29H,1-6H3/q+1. The molecule has 4 nitrogen and oxygen atoms in total. The summed E-state index contributed by atoms with van der Waals surface area (Å²) in [6, 6.07) is 45.4. The van der Waals surface area contributed by atoms with Crippen molar-refractivity contribution in [3.05, 3.63) is 144 Å². The summed E-state index contributed by atoms with van der Waals surface area (Å²) in [7, 11) is 2.16. The molecule has 0 atom stereocenters. The molecule has 2 aromatic heterocycles. The fourth-order valence-electron chi connectivity index (χ4n) is 7.65. The molecule has 2 heterocycles. The second kappa shape index (κ2) is 12.2. The average molecular weight is 651 g/mol. The molecule has 0 unspecified atom stereocenters. The zero-order valence-electron chi connectivity index (χ0n) is 29.5. The molecule has 0 N–H and O–H groups in total. The molecular weight excluding hydrogens is 611 g/mol. The second-order valence-corrected chi connectivity index (χ2v) is 14.0. The highest BCUT2D eigenvalue weighted by atomic mass is 16.3. The van der Waals surface area contributed by atoms with Crippen molar-refractivity contribution in [3.8, 4) is 45.4 Å². The van der Waals surface area contributed by atoms with Gasteiger partial charge in [0.05, 0.1) is 18.7 Å². The number of nitriles is 1. The summed E-state index contributed by atoms with van der Waals surface area (Å²) in [5.41, 5.74) is 15.2. The van der Waals surface area contributed by atoms with E-state index in [0.717, 1.165) is 49.9 Å². The molecule has 0 aliphatic heterocycles. The highest BCUT2D eigenvalue weighted by Gasteiger charge is 2.34. The van der Waals surface area contributed by atoms with Crippen molar-refractivity contribution in [1.29, 1.82) is 5.26 Å². The van der Waals surface area contributed by atoms with Gasteiger partial charge in [-0.05, 0) is 83.0 Å². The van der Waals surface area contributed by atoms with Crippen molar-refractivity contribution >= 4 is 33.0 Å². The summed E-state index contributed by atoms with van der Waals surface area (Å²) in [6.45, 7) is 11.3. The fourth-order valence-corrected chi connectivity index (χ4v) is 7.65. The summed E-state index contributed by atoms with van der Waals surface area (Å²) >= 11 is 0. The van der Waals surface area contributed by atoms with E-state index < -0.39 is 0 Å². The molecule has 0 saturated heterocycles. The maximum absolute atomic E-state index is 10.0. The SMILES string of the molecule is Cc1ccc2c(oc3cccc(C#N)c32)c1-c1n(-c2c(C(C)C)cc(-c3ccc(-c4ccccc4)cc3)cc2C(C)C)c2ccccc2[n+]1C. The number of furan rings is 1. The lowest BCUT2D eigenvalue weighted by Crippen LogP contribution is -2.30. The lowest BCUT2D eigenvalue weighted by Gasteiger charge is -2.21. The smallest absolute Gasteiger partial charge is 0.299 e. The highest BCUT2D eigenvalue weighted by Crippen LogP contribution is 2.43. The summed E-state index contributed by atoms with van der Waals surface area (Å²) in [6.07, 6.45) is 0. The van der Waals surface area contributed by atoms with Crippen molar-refractivity contribution in [2.45, 2.75) is 46.5 Å². The Morgan fingerprint density at radius 2 is 1.30 bits per heavy atom. The molecule has 0 amide bonds. The molecule has 6 aromatic carbocycles. The van der Waals surface area contributed by atoms with Gasteiger partial charge in [0.2, 0.25) is 0 Å². The van der Waals surface area contributed by atoms with Crippen LogP contribution < -0.4 is 4.57 Å². The van der Waals surface area contributed by atoms with Gasteiger partial charge in [-0.25, -0.2) is 4.57 Å². The Bertz CT molecular complexity index is 2580. The first-order valence-electron chi connectivity index (χ1n) is 17.5. The van der Waals surface area contributed by atoms with E-state index in [0.29, 0.717) is 5.56 Å². The Balaban J connectivity index is 1.43. The molecule has 0 spiro atoms. The molecule has 8 aromatic rings. The van der Waals surface area contributed by atoms with Crippen LogP contribution in [0.5, 0.6) is 0 Å². The van der Waals surface area contributed by atoms with Crippen LogP contribution in [-0.2, 0) is 7.05 Å². The number of benzene rings is 6. The van der Waals surface area contributed by atoms with E-state index >= 15 is 0 Å². The van der Waals surface area contributed by atoms with E-state index in [-0.39, 0.29) is 11.8 Å². The van der Waals surface area contributed by atoms with Gasteiger partial charge in [-0.1, -0.05) is 113 Å². The summed E-state index contributed by atoms with van der Waals surface area (Å²) < 4.78 is 11.5. The number of hydrogen-bond acceptors (Lipinski definition) is 2. The van der Waals surface area contributed by atoms with E-state index in [2.05, 4.69) is 160 Å². The molecule has 0 bridgehead atoms. The number of hydrogen-bond donors (Lipinski definition) is 0. The average Bonchev–Trinajstić information content (AvgIpc) is 3.66. The van der Waals surface area contributed by atoms with Gasteiger partial charge in [0.15, 0.2) is 16.6 Å². The third-order valence-corrected chi connectivity index (χ3v) is 10.2. The van der Waals surface area contributed by atoms with Crippen molar-refractivity contribution in [3.63, 3.8) is 0 Å². The van der Waals surface area contributed by atoms with E-state index in [1.165, 1.54) is 39.1 Å². The zero-order chi connectivity index (χ0) is 34.7. The largest absolute Gasteiger partial charge is 0.455 e. The van der Waals surface area contributed by atoms with E-state index in [1.54, 1.807) is 0 Å². The fraction of sp³-hybridized carbons (Fsp3) is 0.174. The third-order valence-electron chi connectivity index (χ3n) is 10.2. The topological polar surface area (TPSA) is 45.7 Å². The number of para-hydroxylation sites is 2. The molecule has 50 heavy (non-hydrogen) atoms. The van der Waals surface area contributed by atoms with Crippen LogP contribution in [0, 0.1) is 18.3 Å². The van der Waals surface area contributed by atoms with Crippen LogP contribution in [0.25, 0.3) is 72.3 Å². The predicted octanol–water partition coefficient (Wildman–Crippen LogP) is 11.8. The van der Waals surface area contributed by atoms with Crippen LogP contribution in [0.3, 0.4) is 0 Å². The Kier molecular flexibility index (Phi) is 7.65. The lowest BCUT2D eigenvalue weighted by molar-refractivity contribution is -0.633. The second-order valence-electron chi connectivity index (χ2n) is 14.0. The quantitative estimate of drug-likeness (QED) is 0.168. The highest BCUT2D eigenvalue weighted by molar-refractivity contribution is 6.12. The maximum atomic E-state index is 10.0. The number of rotatable bonds is 6. The van der Waals surface area contributed by atoms with Crippen LogP contribution in [0.15, 0.2) is 126 Å². The van der Waals surface area contributed by atoms with E-state index in [1.807, 2.05) is 18.2 Å². The first-order valence-corrected chi connectivity index (χ1v) is 17.5. The molecule has 0 radical (unpaired) electrons. The van der Waals surface area contributed by atoms with Gasteiger partial charge in [0, 0.05) is 21.9 Å². The van der Waals surface area contributed by atoms with E-state index in [9.17, 15) is 5.26 Å². The first kappa shape index (κ1) is 31.4. The Labute approximate surface area is 293 Å². The van der Waals surface area contributed by atoms with Crippen LogP contribution in [0.1, 0.15) is 61.8 Å². The molecule has 0 aliphatic carbocycles. The molecular formula is C46H40N3O+. The minimum atomic E-state index is 0.256. The Morgan fingerprint density at radius 1 is 0.680 bits per heavy atom. The van der Waals surface area contributed by atoms with Gasteiger partial charge >= 0.3 is 0 Å². The minimum Gasteiger partial charge on any atom is -0.455 e. The Morgan fingerprint density at radius 3 is 1.96 bits per heavy atom. The van der Waals surface area contributed by atoms with Crippen molar-refractivity contribution in [2.24, 2.45) is 7.05 Å². The summed E-state index contributed by atoms with van der Waals surface area (Å²) in [5, 5.41) is 11.8. The summed E-state index contributed by atoms with van der Waals surface area (Å²) in [5.74, 6) is 1.56. The number of imidazole rings is 1. The van der Waals surface area contributed by atoms with Crippen LogP contribution >= 0.6 is 0 Å². The zero-order valence-corrected chi connectivity index (χ0v) is 29.5. The number of aromatic nitrogens is 2. The predicted molar refractivity (Wildman–Crippen MR) is 206 cm³/mol. The first-order chi connectivity index (χ1) is 24.3. The Hall–Kier alpha value is -5.92. The van der Waals surface area contributed by atoms with Gasteiger partial charge in [-0.15, -0.1) is 0 Å². The number of aryl methyl sites for hydroxylation is 2. The third kappa shape index (κ3) is 4.92. The van der Waals surface area contributed by atoms with Crippen LogP contribution in [0.4, 0.5) is 0 Å². The molecule has 8 rings (SSSR count). The van der Waals surface area contributed by atoms with Gasteiger partial charge in [0.25, 0.3) is 5.82 Å². The lowest BCUT2D eigenvalue weighted by atomic mass is 9.87. The number of nitrogens with zero attached hydrogens (tertiary/aromatic N) is 3. The van der Waals surface area contributed by atoms with Gasteiger partial charge in [-0.2, -0.15) is 9.83 Å². The van der Waals surface area contributed by atoms with Crippen molar-refractivity contribution in [2.75, 3.05) is 0 Å². The van der Waals surface area contributed by atoms with Gasteiger partial charge in [0.1, 0.15) is 16.8 Å². The molecule has 244 valence electrons. The summed E-state index contributed by atoms with van der Waals surface area (Å²) in [4.78, 5) is 0. The van der Waals surface area contributed by atoms with Crippen molar-refractivity contribution < 1.29 is 8.98 Å². The number of fused-ring (bicyclic) bond motifs is 4. The minimum absolute atomic E-state index is 0.256. The molecule has 0 fully saturated rings. The van der Waals surface area contributed by atoms with Gasteiger partial charge < -0.3 is 4.42 Å². The van der Waals surface area contributed by atoms with Crippen LogP contribution in [0.2, 0.25) is 0 Å². The maximum Gasteiger partial charge on any atom is 0.299 e. The molecule has 0 saturated carbocycles.